The average Bonchev–Trinajstić information content (AvgIpc) is 2.90. The maximum absolute atomic E-state index is 15.6. The zero-order valence-electron chi connectivity index (χ0n) is 22.0. The van der Waals surface area contributed by atoms with Crippen LogP contribution in [0.1, 0.15) is 61.4 Å². The topological polar surface area (TPSA) is 62.7 Å². The fourth-order valence-electron chi connectivity index (χ4n) is 5.81. The Morgan fingerprint density at radius 2 is 2.05 bits per heavy atom. The summed E-state index contributed by atoms with van der Waals surface area (Å²) in [5, 5.41) is 10.1. The van der Waals surface area contributed by atoms with E-state index in [4.69, 9.17) is 4.74 Å². The number of fused-ring (bicyclic) bond motifs is 1. The van der Waals surface area contributed by atoms with Gasteiger partial charge in [0.25, 0.3) is 0 Å². The van der Waals surface area contributed by atoms with E-state index < -0.39 is 12.1 Å². The first-order valence-electron chi connectivity index (χ1n) is 13.5. The minimum absolute atomic E-state index is 0.173. The number of methoxy groups -OCH3 is 1. The highest BCUT2D eigenvalue weighted by molar-refractivity contribution is 5.83. The van der Waals surface area contributed by atoms with Crippen LogP contribution in [-0.4, -0.2) is 47.7 Å². The molecule has 1 aliphatic heterocycles. The first-order chi connectivity index (χ1) is 17.9. The molecule has 0 bridgehead atoms. The molecule has 2 heterocycles. The average molecular weight is 507 g/mol. The minimum Gasteiger partial charge on any atom is -0.497 e. The predicted octanol–water partition coefficient (Wildman–Crippen LogP) is 6.78. The molecule has 5 nitrogen and oxygen atoms in total. The Labute approximate surface area is 219 Å². The van der Waals surface area contributed by atoms with Crippen LogP contribution in [-0.2, 0) is 11.2 Å². The van der Waals surface area contributed by atoms with Crippen LogP contribution in [0.2, 0.25) is 0 Å². The van der Waals surface area contributed by atoms with Crippen LogP contribution in [0.5, 0.6) is 5.75 Å². The summed E-state index contributed by atoms with van der Waals surface area (Å²) in [4.78, 5) is 18.2. The van der Waals surface area contributed by atoms with Crippen molar-refractivity contribution < 1.29 is 19.0 Å². The highest BCUT2D eigenvalue weighted by Crippen LogP contribution is 2.36. The predicted molar refractivity (Wildman–Crippen MR) is 146 cm³/mol. The van der Waals surface area contributed by atoms with Gasteiger partial charge in [-0.1, -0.05) is 29.8 Å². The lowest BCUT2D eigenvalue weighted by Crippen LogP contribution is -2.41. The van der Waals surface area contributed by atoms with Crippen LogP contribution in [0.3, 0.4) is 0 Å². The van der Waals surface area contributed by atoms with Gasteiger partial charge >= 0.3 is 5.97 Å². The van der Waals surface area contributed by atoms with Crippen molar-refractivity contribution >= 4 is 16.9 Å². The molecule has 3 aromatic rings. The first-order valence-corrected chi connectivity index (χ1v) is 13.5. The van der Waals surface area contributed by atoms with Crippen molar-refractivity contribution in [3.8, 4) is 5.75 Å². The Morgan fingerprint density at radius 3 is 2.84 bits per heavy atom. The van der Waals surface area contributed by atoms with Gasteiger partial charge in [0.2, 0.25) is 0 Å². The number of nitrogens with zero attached hydrogens (tertiary/aromatic N) is 2. The Hall–Kier alpha value is -2.99. The molecule has 0 radical (unpaired) electrons. The summed E-state index contributed by atoms with van der Waals surface area (Å²) in [6.45, 7) is 5.03. The molecule has 2 aromatic carbocycles. The normalized spacial score (nSPS) is 19.1. The molecule has 37 heavy (non-hydrogen) atoms. The molecule has 1 aliphatic rings. The molecule has 0 saturated carbocycles. The Kier molecular flexibility index (Phi) is 9.51. The molecule has 2 unspecified atom stereocenters. The Morgan fingerprint density at radius 1 is 1.19 bits per heavy atom. The number of alkyl halides is 1. The van der Waals surface area contributed by atoms with Gasteiger partial charge in [0.05, 0.1) is 12.6 Å². The van der Waals surface area contributed by atoms with Gasteiger partial charge in [0, 0.05) is 24.5 Å². The fourth-order valence-corrected chi connectivity index (χ4v) is 5.81. The van der Waals surface area contributed by atoms with Crippen molar-refractivity contribution in [2.75, 3.05) is 26.7 Å². The summed E-state index contributed by atoms with van der Waals surface area (Å²) >= 11 is 0. The molecule has 3 atom stereocenters. The number of halogens is 1. The number of carboxylic acid groups (broad SMARTS) is 1. The molecule has 198 valence electrons. The number of aromatic nitrogens is 1. The van der Waals surface area contributed by atoms with Crippen LogP contribution < -0.4 is 4.74 Å². The second kappa shape index (κ2) is 13.0. The van der Waals surface area contributed by atoms with E-state index in [1.54, 1.807) is 19.4 Å². The maximum Gasteiger partial charge on any atom is 0.303 e. The number of hydrogen-bond donors (Lipinski definition) is 1. The summed E-state index contributed by atoms with van der Waals surface area (Å²) in [5.41, 5.74) is 4.07. The van der Waals surface area contributed by atoms with Crippen LogP contribution in [0, 0.1) is 18.8 Å². The number of carbonyl (C=O) groups is 1. The van der Waals surface area contributed by atoms with Gasteiger partial charge in [-0.25, -0.2) is 4.39 Å². The molecule has 1 saturated heterocycles. The molecule has 1 fully saturated rings. The molecule has 1 aromatic heterocycles. The standard InChI is InChI=1S/C31H39FN2O3/c1-22-5-3-6-23(19-22)7-4-17-34-18-15-24(25(21-34)9-13-31(35)36)8-11-29(32)27-14-16-33-30-12-10-26(37-2)20-28(27)30/h3,5-6,10,12,14,16,19-20,24-25,29H,4,7-9,11,13,15,17-18,21H2,1-2H3,(H,35,36)/t24?,25?,29-/m0/s1. The van der Waals surface area contributed by atoms with Crippen LogP contribution in [0.4, 0.5) is 4.39 Å². The maximum atomic E-state index is 15.6. The number of aliphatic carboxylic acids is 1. The van der Waals surface area contributed by atoms with E-state index in [-0.39, 0.29) is 12.3 Å². The lowest BCUT2D eigenvalue weighted by Gasteiger charge is -2.39. The highest BCUT2D eigenvalue weighted by atomic mass is 19.1. The third-order valence-corrected chi connectivity index (χ3v) is 7.84. The third-order valence-electron chi connectivity index (χ3n) is 7.84. The Balaban J connectivity index is 1.35. The summed E-state index contributed by atoms with van der Waals surface area (Å²) < 4.78 is 20.9. The monoisotopic (exact) mass is 506 g/mol. The molecule has 4 rings (SSSR count). The molecular weight excluding hydrogens is 467 g/mol. The van der Waals surface area contributed by atoms with Gasteiger partial charge in [-0.3, -0.25) is 9.78 Å². The van der Waals surface area contributed by atoms with E-state index >= 15 is 4.39 Å². The van der Waals surface area contributed by atoms with Crippen LogP contribution >= 0.6 is 0 Å². The third kappa shape index (κ3) is 7.51. The zero-order valence-corrected chi connectivity index (χ0v) is 22.0. The quantitative estimate of drug-likeness (QED) is 0.293. The smallest absolute Gasteiger partial charge is 0.303 e. The summed E-state index contributed by atoms with van der Waals surface area (Å²) in [7, 11) is 1.61. The molecule has 0 amide bonds. The van der Waals surface area contributed by atoms with Crippen molar-refractivity contribution in [3.05, 3.63) is 71.4 Å². The number of ether oxygens (including phenoxy) is 1. The van der Waals surface area contributed by atoms with Gasteiger partial charge in [-0.05, 0) is 106 Å². The van der Waals surface area contributed by atoms with Gasteiger partial charge in [-0.2, -0.15) is 0 Å². The van der Waals surface area contributed by atoms with Crippen molar-refractivity contribution in [3.63, 3.8) is 0 Å². The van der Waals surface area contributed by atoms with Gasteiger partial charge in [-0.15, -0.1) is 0 Å². The lowest BCUT2D eigenvalue weighted by atomic mass is 9.79. The second-order valence-corrected chi connectivity index (χ2v) is 10.5. The van der Waals surface area contributed by atoms with Gasteiger partial charge in [0.1, 0.15) is 11.9 Å². The number of aryl methyl sites for hydroxylation is 2. The molecule has 1 N–H and O–H groups in total. The lowest BCUT2D eigenvalue weighted by molar-refractivity contribution is -0.137. The second-order valence-electron chi connectivity index (χ2n) is 10.5. The van der Waals surface area contributed by atoms with Crippen molar-refractivity contribution in [2.24, 2.45) is 11.8 Å². The molecule has 6 heteroatoms. The van der Waals surface area contributed by atoms with E-state index in [9.17, 15) is 9.90 Å². The Bertz CT molecular complexity index is 1180. The summed E-state index contributed by atoms with van der Waals surface area (Å²) in [6.07, 6.45) is 5.72. The molecule has 0 spiro atoms. The largest absolute Gasteiger partial charge is 0.497 e. The van der Waals surface area contributed by atoms with E-state index in [1.165, 1.54) is 11.1 Å². The molecular formula is C31H39FN2O3. The van der Waals surface area contributed by atoms with Gasteiger partial charge < -0.3 is 14.7 Å². The number of rotatable bonds is 12. The van der Waals surface area contributed by atoms with Gasteiger partial charge in [0.15, 0.2) is 0 Å². The number of pyridine rings is 1. The van der Waals surface area contributed by atoms with E-state index in [1.807, 2.05) is 18.2 Å². The van der Waals surface area contributed by atoms with Crippen molar-refractivity contribution in [1.82, 2.24) is 9.88 Å². The summed E-state index contributed by atoms with van der Waals surface area (Å²) in [6, 6.07) is 16.0. The number of carboxylic acids is 1. The SMILES string of the molecule is COc1ccc2nccc([C@@H](F)CCC3CCN(CCCc4cccc(C)c4)CC3CCC(=O)O)c2c1. The fraction of sp³-hybridized carbons (Fsp3) is 0.484. The number of benzene rings is 2. The van der Waals surface area contributed by atoms with Crippen LogP contribution in [0.15, 0.2) is 54.7 Å². The van der Waals surface area contributed by atoms with Crippen molar-refractivity contribution in [2.45, 2.75) is 58.0 Å². The van der Waals surface area contributed by atoms with Crippen LogP contribution in [0.25, 0.3) is 10.9 Å². The van der Waals surface area contributed by atoms with E-state index in [0.29, 0.717) is 30.1 Å². The van der Waals surface area contributed by atoms with E-state index in [0.717, 1.165) is 56.2 Å². The van der Waals surface area contributed by atoms with E-state index in [2.05, 4.69) is 41.1 Å². The summed E-state index contributed by atoms with van der Waals surface area (Å²) in [5.74, 6) is 0.562. The number of hydrogen-bond acceptors (Lipinski definition) is 4. The highest BCUT2D eigenvalue weighted by Gasteiger charge is 2.30. The molecule has 0 aliphatic carbocycles. The first kappa shape index (κ1) is 27.1. The zero-order chi connectivity index (χ0) is 26.2. The minimum atomic E-state index is -1.09. The number of likely N-dealkylation sites (tertiary alicyclic amines) is 1. The number of piperidine rings is 1. The van der Waals surface area contributed by atoms with Crippen molar-refractivity contribution in [1.29, 1.82) is 0 Å².